The van der Waals surface area contributed by atoms with Gasteiger partial charge in [-0.25, -0.2) is 4.98 Å². The minimum atomic E-state index is 0.529. The number of nitrogens with zero attached hydrogens (tertiary/aromatic N) is 5. The van der Waals surface area contributed by atoms with Crippen LogP contribution in [0, 0.1) is 0 Å². The molecule has 1 saturated heterocycles. The molecule has 2 aromatic heterocycles. The first kappa shape index (κ1) is 15.5. The van der Waals surface area contributed by atoms with E-state index in [2.05, 4.69) is 31.0 Å². The highest BCUT2D eigenvalue weighted by molar-refractivity contribution is 5.17. The third kappa shape index (κ3) is 3.73. The van der Waals surface area contributed by atoms with Gasteiger partial charge >= 0.3 is 0 Å². The van der Waals surface area contributed by atoms with Crippen LogP contribution in [0.1, 0.15) is 36.1 Å². The average Bonchev–Trinajstić information content (AvgIpc) is 3.37. The Kier molecular flexibility index (Phi) is 4.44. The van der Waals surface area contributed by atoms with Crippen LogP contribution in [0.2, 0.25) is 0 Å². The van der Waals surface area contributed by atoms with Crippen molar-refractivity contribution in [2.24, 2.45) is 0 Å². The van der Waals surface area contributed by atoms with Gasteiger partial charge in [0.15, 0.2) is 0 Å². The Bertz CT molecular complexity index is 660. The van der Waals surface area contributed by atoms with E-state index in [0.29, 0.717) is 11.8 Å². The van der Waals surface area contributed by atoms with Crippen molar-refractivity contribution < 1.29 is 9.15 Å². The molecule has 7 heteroatoms. The van der Waals surface area contributed by atoms with Gasteiger partial charge in [0, 0.05) is 50.9 Å². The number of hydrogen-bond acceptors (Lipinski definition) is 7. The van der Waals surface area contributed by atoms with Crippen LogP contribution in [0.3, 0.4) is 0 Å². The van der Waals surface area contributed by atoms with Gasteiger partial charge in [-0.15, -0.1) is 10.2 Å². The molecule has 0 atom stereocenters. The molecule has 2 aromatic rings. The van der Waals surface area contributed by atoms with E-state index >= 15 is 0 Å². The topological polar surface area (TPSA) is 67.5 Å². The van der Waals surface area contributed by atoms with E-state index in [1.807, 2.05) is 12.3 Å². The van der Waals surface area contributed by atoms with Gasteiger partial charge in [0.05, 0.1) is 13.7 Å². The molecule has 0 amide bonds. The van der Waals surface area contributed by atoms with Gasteiger partial charge in [0.2, 0.25) is 17.7 Å². The van der Waals surface area contributed by atoms with Gasteiger partial charge < -0.3 is 9.15 Å². The Morgan fingerprint density at radius 3 is 2.46 bits per heavy atom. The summed E-state index contributed by atoms with van der Waals surface area (Å²) in [6.07, 6.45) is 4.28. The molecule has 24 heavy (non-hydrogen) atoms. The van der Waals surface area contributed by atoms with Crippen molar-refractivity contribution in [3.63, 3.8) is 0 Å². The Morgan fingerprint density at radius 2 is 1.83 bits per heavy atom. The van der Waals surface area contributed by atoms with Crippen LogP contribution in [0.5, 0.6) is 5.88 Å². The summed E-state index contributed by atoms with van der Waals surface area (Å²) >= 11 is 0. The molecule has 0 radical (unpaired) electrons. The molecule has 0 bridgehead atoms. The van der Waals surface area contributed by atoms with Gasteiger partial charge in [-0.3, -0.25) is 9.80 Å². The zero-order chi connectivity index (χ0) is 16.4. The largest absolute Gasteiger partial charge is 0.481 e. The van der Waals surface area contributed by atoms with Crippen LogP contribution >= 0.6 is 0 Å². The van der Waals surface area contributed by atoms with E-state index in [4.69, 9.17) is 9.15 Å². The van der Waals surface area contributed by atoms with Crippen molar-refractivity contribution in [1.82, 2.24) is 25.0 Å². The third-order valence-corrected chi connectivity index (χ3v) is 4.65. The summed E-state index contributed by atoms with van der Waals surface area (Å²) in [5, 5.41) is 8.34. The van der Waals surface area contributed by atoms with E-state index < -0.39 is 0 Å². The van der Waals surface area contributed by atoms with Crippen molar-refractivity contribution in [2.75, 3.05) is 33.3 Å². The smallest absolute Gasteiger partial charge is 0.230 e. The monoisotopic (exact) mass is 329 g/mol. The summed E-state index contributed by atoms with van der Waals surface area (Å²) < 4.78 is 10.9. The minimum absolute atomic E-state index is 0.529. The summed E-state index contributed by atoms with van der Waals surface area (Å²) in [5.74, 6) is 2.77. The highest BCUT2D eigenvalue weighted by atomic mass is 16.5. The lowest BCUT2D eigenvalue weighted by molar-refractivity contribution is 0.114. The number of pyridine rings is 1. The first-order valence-electron chi connectivity index (χ1n) is 8.56. The fourth-order valence-electron chi connectivity index (χ4n) is 3.01. The molecule has 2 fully saturated rings. The first-order valence-corrected chi connectivity index (χ1v) is 8.56. The highest BCUT2D eigenvalue weighted by Gasteiger charge is 2.29. The van der Waals surface area contributed by atoms with Gasteiger partial charge in [0.1, 0.15) is 0 Å². The van der Waals surface area contributed by atoms with Crippen molar-refractivity contribution in [3.05, 3.63) is 35.7 Å². The summed E-state index contributed by atoms with van der Waals surface area (Å²) in [6, 6.07) is 3.99. The molecular formula is C17H23N5O2. The van der Waals surface area contributed by atoms with Crippen LogP contribution < -0.4 is 4.74 Å². The van der Waals surface area contributed by atoms with E-state index in [0.717, 1.165) is 51.0 Å². The van der Waals surface area contributed by atoms with Crippen molar-refractivity contribution in [3.8, 4) is 5.88 Å². The second kappa shape index (κ2) is 6.86. The molecule has 1 aliphatic carbocycles. The zero-order valence-corrected chi connectivity index (χ0v) is 14.0. The summed E-state index contributed by atoms with van der Waals surface area (Å²) in [5.41, 5.74) is 1.22. The molecule has 0 aromatic carbocycles. The summed E-state index contributed by atoms with van der Waals surface area (Å²) in [7, 11) is 1.64. The molecule has 1 aliphatic heterocycles. The van der Waals surface area contributed by atoms with Gasteiger partial charge in [-0.05, 0) is 18.4 Å². The van der Waals surface area contributed by atoms with E-state index in [-0.39, 0.29) is 0 Å². The Balaban J connectivity index is 1.24. The normalized spacial score (nSPS) is 19.5. The Hall–Kier alpha value is -1.99. The number of hydrogen-bond donors (Lipinski definition) is 0. The lowest BCUT2D eigenvalue weighted by atomic mass is 10.2. The van der Waals surface area contributed by atoms with Gasteiger partial charge in [0.25, 0.3) is 0 Å². The molecule has 128 valence electrons. The average molecular weight is 329 g/mol. The SMILES string of the molecule is COc1ccc(CN2CCN(Cc3nnc(C4CC4)o3)CC2)cn1. The second-order valence-corrected chi connectivity index (χ2v) is 6.57. The van der Waals surface area contributed by atoms with E-state index in [1.165, 1.54) is 18.4 Å². The van der Waals surface area contributed by atoms with Crippen LogP contribution in [0.15, 0.2) is 22.7 Å². The Labute approximate surface area is 141 Å². The number of piperazine rings is 1. The number of rotatable bonds is 6. The maximum absolute atomic E-state index is 5.76. The maximum atomic E-state index is 5.76. The van der Waals surface area contributed by atoms with Gasteiger partial charge in [-0.1, -0.05) is 6.07 Å². The molecule has 0 N–H and O–H groups in total. The number of methoxy groups -OCH3 is 1. The lowest BCUT2D eigenvalue weighted by Gasteiger charge is -2.33. The van der Waals surface area contributed by atoms with Crippen LogP contribution in [-0.2, 0) is 13.1 Å². The van der Waals surface area contributed by atoms with Crippen LogP contribution in [0.25, 0.3) is 0 Å². The second-order valence-electron chi connectivity index (χ2n) is 6.57. The quantitative estimate of drug-likeness (QED) is 0.798. The van der Waals surface area contributed by atoms with Crippen molar-refractivity contribution >= 4 is 0 Å². The first-order chi connectivity index (χ1) is 11.8. The predicted molar refractivity (Wildman–Crippen MR) is 87.6 cm³/mol. The summed E-state index contributed by atoms with van der Waals surface area (Å²) in [4.78, 5) is 9.10. The van der Waals surface area contributed by atoms with Crippen LogP contribution in [-0.4, -0.2) is 58.3 Å². The molecule has 4 rings (SSSR count). The minimum Gasteiger partial charge on any atom is -0.481 e. The molecule has 1 saturated carbocycles. The van der Waals surface area contributed by atoms with Crippen LogP contribution in [0.4, 0.5) is 0 Å². The molecule has 0 unspecified atom stereocenters. The predicted octanol–water partition coefficient (Wildman–Crippen LogP) is 1.67. The lowest BCUT2D eigenvalue weighted by Crippen LogP contribution is -2.45. The molecular weight excluding hydrogens is 306 g/mol. The molecule has 3 heterocycles. The standard InChI is InChI=1S/C17H23N5O2/c1-23-15-5-2-13(10-18-15)11-21-6-8-22(9-7-21)12-16-19-20-17(24-16)14-3-4-14/h2,5,10,14H,3-4,6-9,11-12H2,1H3. The molecule has 2 aliphatic rings. The number of aromatic nitrogens is 3. The maximum Gasteiger partial charge on any atom is 0.230 e. The highest BCUT2D eigenvalue weighted by Crippen LogP contribution is 2.39. The fraction of sp³-hybridized carbons (Fsp3) is 0.588. The molecule has 7 nitrogen and oxygen atoms in total. The van der Waals surface area contributed by atoms with E-state index in [9.17, 15) is 0 Å². The summed E-state index contributed by atoms with van der Waals surface area (Å²) in [6.45, 7) is 5.80. The van der Waals surface area contributed by atoms with Crippen molar-refractivity contribution in [2.45, 2.75) is 31.8 Å². The Morgan fingerprint density at radius 1 is 1.08 bits per heavy atom. The van der Waals surface area contributed by atoms with Gasteiger partial charge in [-0.2, -0.15) is 0 Å². The molecule has 0 spiro atoms. The van der Waals surface area contributed by atoms with Crippen molar-refractivity contribution in [1.29, 1.82) is 0 Å². The third-order valence-electron chi connectivity index (χ3n) is 4.65. The fourth-order valence-corrected chi connectivity index (χ4v) is 3.01. The number of ether oxygens (including phenoxy) is 1. The van der Waals surface area contributed by atoms with E-state index in [1.54, 1.807) is 7.11 Å². The zero-order valence-electron chi connectivity index (χ0n) is 14.0.